The number of benzene rings is 4. The lowest BCUT2D eigenvalue weighted by atomic mass is 9.82. The second-order valence-electron chi connectivity index (χ2n) is 14.5. The van der Waals surface area contributed by atoms with Crippen molar-refractivity contribution in [3.05, 3.63) is 130 Å². The van der Waals surface area contributed by atoms with Gasteiger partial charge in [0, 0.05) is 54.9 Å². The fourth-order valence-electron chi connectivity index (χ4n) is 8.46. The Balaban J connectivity index is 0.929. The minimum atomic E-state index is -0.882. The minimum absolute atomic E-state index is 0.0320. The number of anilines is 1. The number of hydrogen-bond acceptors (Lipinski definition) is 6. The molecule has 2 bridgehead atoms. The Morgan fingerprint density at radius 3 is 2.53 bits per heavy atom. The predicted molar refractivity (Wildman–Crippen MR) is 208 cm³/mol. The second-order valence-corrected chi connectivity index (χ2v) is 14.5. The molecule has 3 fully saturated rings. The van der Waals surface area contributed by atoms with Crippen LogP contribution < -0.4 is 15.8 Å². The van der Waals surface area contributed by atoms with Gasteiger partial charge in [0.15, 0.2) is 0 Å². The highest BCUT2D eigenvalue weighted by atomic mass is 16.4. The molecular formula is C43H45N5O5. The Morgan fingerprint density at radius 1 is 0.943 bits per heavy atom. The molecule has 0 saturated carbocycles. The molecule has 6 aromatic rings. The number of piperidine rings is 3. The number of hydrogen-bond donors (Lipinski definition) is 5. The van der Waals surface area contributed by atoms with Gasteiger partial charge in [-0.3, -0.25) is 9.69 Å². The number of rotatable bonds is 12. The van der Waals surface area contributed by atoms with Gasteiger partial charge in [-0.25, -0.2) is 4.79 Å². The van der Waals surface area contributed by atoms with E-state index in [-0.39, 0.29) is 17.4 Å². The normalized spacial score (nSPS) is 18.8. The number of aromatic amines is 1. The lowest BCUT2D eigenvalue weighted by Crippen LogP contribution is -2.59. The van der Waals surface area contributed by atoms with E-state index in [1.807, 2.05) is 18.2 Å². The van der Waals surface area contributed by atoms with Crippen LogP contribution in [0.3, 0.4) is 0 Å². The van der Waals surface area contributed by atoms with Crippen LogP contribution in [0.25, 0.3) is 32.9 Å². The topological polar surface area (TPSA) is 134 Å². The molecule has 0 unspecified atom stereocenters. The molecule has 3 saturated heterocycles. The summed E-state index contributed by atoms with van der Waals surface area (Å²) < 4.78 is 2.27. The zero-order valence-electron chi connectivity index (χ0n) is 29.6. The van der Waals surface area contributed by atoms with E-state index >= 15 is 0 Å². The number of carboxylic acid groups (broad SMARTS) is 1. The van der Waals surface area contributed by atoms with Crippen LogP contribution in [0.5, 0.6) is 5.75 Å². The first kappa shape index (κ1) is 34.7. The molecule has 2 atom stereocenters. The Labute approximate surface area is 307 Å². The Bertz CT molecular complexity index is 2310. The van der Waals surface area contributed by atoms with Gasteiger partial charge in [-0.2, -0.15) is 0 Å². The van der Waals surface area contributed by atoms with Crippen LogP contribution in [0.1, 0.15) is 42.1 Å². The number of fused-ring (bicyclic) bond motifs is 5. The van der Waals surface area contributed by atoms with Gasteiger partial charge in [0.25, 0.3) is 0 Å². The van der Waals surface area contributed by atoms with E-state index in [1.54, 1.807) is 17.0 Å². The van der Waals surface area contributed by atoms with Gasteiger partial charge in [-0.05, 0) is 109 Å². The molecule has 53 heavy (non-hydrogen) atoms. The van der Waals surface area contributed by atoms with Gasteiger partial charge in [0.05, 0.1) is 23.3 Å². The van der Waals surface area contributed by atoms with Crippen molar-refractivity contribution < 1.29 is 20.1 Å². The number of pyridine rings is 1. The molecule has 0 aliphatic carbocycles. The molecule has 1 amide bonds. The van der Waals surface area contributed by atoms with Gasteiger partial charge in [0.2, 0.25) is 5.56 Å². The monoisotopic (exact) mass is 711 g/mol. The number of aromatic nitrogens is 2. The SMILES string of the molecule is O=C(O)N(c1cc(CCCn2ccc3cc(CNC[C@@H](O)c4ccc(O)c5[nH]c(=O)ccc45)ccc32)ccc1-c1ccccc1)[C@H]1CN2CCC1CC2. The number of carbonyl (C=O) groups is 1. The number of phenols is 1. The average Bonchev–Trinajstić information content (AvgIpc) is 3.58. The summed E-state index contributed by atoms with van der Waals surface area (Å²) in [6.45, 7) is 4.60. The fourth-order valence-corrected chi connectivity index (χ4v) is 8.46. The van der Waals surface area contributed by atoms with Crippen LogP contribution in [0.2, 0.25) is 0 Å². The van der Waals surface area contributed by atoms with Crippen LogP contribution >= 0.6 is 0 Å². The number of nitrogens with zero attached hydrogens (tertiary/aromatic N) is 3. The molecule has 4 aromatic carbocycles. The predicted octanol–water partition coefficient (Wildman–Crippen LogP) is 6.89. The largest absolute Gasteiger partial charge is 0.506 e. The lowest BCUT2D eigenvalue weighted by molar-refractivity contribution is 0.0837. The Hall–Kier alpha value is -5.42. The van der Waals surface area contributed by atoms with Crippen molar-refractivity contribution in [1.29, 1.82) is 0 Å². The summed E-state index contributed by atoms with van der Waals surface area (Å²) in [6.07, 6.45) is 4.23. The van der Waals surface area contributed by atoms with Crippen molar-refractivity contribution in [3.63, 3.8) is 0 Å². The van der Waals surface area contributed by atoms with Crippen LogP contribution in [0.15, 0.2) is 108 Å². The molecule has 272 valence electrons. The fraction of sp³-hybridized carbons (Fsp3) is 0.302. The van der Waals surface area contributed by atoms with E-state index in [0.717, 1.165) is 90.7 Å². The number of aliphatic hydroxyl groups is 1. The minimum Gasteiger partial charge on any atom is -0.506 e. The van der Waals surface area contributed by atoms with Crippen molar-refractivity contribution >= 4 is 33.6 Å². The molecule has 5 heterocycles. The van der Waals surface area contributed by atoms with Crippen molar-refractivity contribution in [2.75, 3.05) is 31.1 Å². The molecule has 9 rings (SSSR count). The molecule has 10 heteroatoms. The standard InChI is InChI=1S/C43H45N5O5/c49-39-14-11-34(35-12-15-41(51)45-42(35)39)40(50)26-44-25-29-9-13-36-32(23-29)18-22-47(36)19-4-5-28-8-10-33(30-6-2-1-3-7-30)37(24-28)48(43(52)53)38-27-46-20-16-31(38)17-21-46/h1-3,6-15,18,22-24,31,38,40,44,49-50H,4-5,16-17,19-21,25-27H2,(H,45,51)(H,52,53)/t38-,40+/m0/s1. The summed E-state index contributed by atoms with van der Waals surface area (Å²) in [4.78, 5) is 31.5. The Kier molecular flexibility index (Phi) is 9.74. The van der Waals surface area contributed by atoms with Gasteiger partial charge >= 0.3 is 6.09 Å². The average molecular weight is 712 g/mol. The maximum absolute atomic E-state index is 13.0. The summed E-state index contributed by atoms with van der Waals surface area (Å²) in [7, 11) is 0. The number of aryl methyl sites for hydroxylation is 2. The van der Waals surface area contributed by atoms with Crippen LogP contribution in [-0.2, 0) is 19.5 Å². The number of nitrogens with one attached hydrogen (secondary N) is 2. The molecular weight excluding hydrogens is 667 g/mol. The zero-order valence-corrected chi connectivity index (χ0v) is 29.6. The summed E-state index contributed by atoms with van der Waals surface area (Å²) in [6, 6.07) is 31.1. The molecule has 2 aromatic heterocycles. The summed E-state index contributed by atoms with van der Waals surface area (Å²) in [5, 5.41) is 36.8. The molecule has 3 aliphatic heterocycles. The highest BCUT2D eigenvalue weighted by molar-refractivity contribution is 5.94. The van der Waals surface area contributed by atoms with Crippen molar-refractivity contribution in [1.82, 2.24) is 19.8 Å². The molecule has 0 radical (unpaired) electrons. The zero-order chi connectivity index (χ0) is 36.5. The third-order valence-electron chi connectivity index (χ3n) is 11.2. The van der Waals surface area contributed by atoms with Crippen LogP contribution in [0.4, 0.5) is 10.5 Å². The lowest BCUT2D eigenvalue weighted by Gasteiger charge is -2.48. The molecule has 10 nitrogen and oxygen atoms in total. The number of H-pyrrole nitrogens is 1. The second kappa shape index (κ2) is 14.9. The molecule has 0 spiro atoms. The van der Waals surface area contributed by atoms with Crippen molar-refractivity contribution in [2.45, 2.75) is 50.9 Å². The third-order valence-corrected chi connectivity index (χ3v) is 11.2. The molecule has 5 N–H and O–H groups in total. The third kappa shape index (κ3) is 7.18. The summed E-state index contributed by atoms with van der Waals surface area (Å²) in [5.74, 6) is 0.351. The molecule has 3 aliphatic rings. The quantitative estimate of drug-likeness (QED) is 0.0934. The highest BCUT2D eigenvalue weighted by Crippen LogP contribution is 2.39. The Morgan fingerprint density at radius 2 is 1.75 bits per heavy atom. The van der Waals surface area contributed by atoms with E-state index in [9.17, 15) is 24.9 Å². The van der Waals surface area contributed by atoms with E-state index in [2.05, 4.69) is 80.6 Å². The first-order valence-corrected chi connectivity index (χ1v) is 18.6. The van der Waals surface area contributed by atoms with Gasteiger partial charge in [-0.15, -0.1) is 0 Å². The van der Waals surface area contributed by atoms with Crippen molar-refractivity contribution in [2.24, 2.45) is 5.92 Å². The van der Waals surface area contributed by atoms with Gasteiger partial charge in [-0.1, -0.05) is 54.6 Å². The van der Waals surface area contributed by atoms with E-state index in [0.29, 0.717) is 35.5 Å². The first-order valence-electron chi connectivity index (χ1n) is 18.6. The number of phenolic OH excluding ortho intramolecular Hbond substituents is 1. The maximum Gasteiger partial charge on any atom is 0.412 e. The van der Waals surface area contributed by atoms with Gasteiger partial charge in [0.1, 0.15) is 5.75 Å². The van der Waals surface area contributed by atoms with Crippen LogP contribution in [0, 0.1) is 5.92 Å². The van der Waals surface area contributed by atoms with Crippen molar-refractivity contribution in [3.8, 4) is 16.9 Å². The van der Waals surface area contributed by atoms with E-state index in [4.69, 9.17) is 0 Å². The number of aromatic hydroxyl groups is 1. The summed E-state index contributed by atoms with van der Waals surface area (Å²) >= 11 is 0. The maximum atomic E-state index is 13.0. The van der Waals surface area contributed by atoms with E-state index in [1.165, 1.54) is 12.1 Å². The first-order chi connectivity index (χ1) is 25.8. The van der Waals surface area contributed by atoms with Gasteiger partial charge < -0.3 is 35.1 Å². The smallest absolute Gasteiger partial charge is 0.412 e. The van der Waals surface area contributed by atoms with Crippen LogP contribution in [-0.4, -0.2) is 68.1 Å². The van der Waals surface area contributed by atoms with E-state index < -0.39 is 12.2 Å². The summed E-state index contributed by atoms with van der Waals surface area (Å²) in [5.41, 5.74) is 6.78. The number of amides is 1. The highest BCUT2D eigenvalue weighted by Gasteiger charge is 2.40. The number of aliphatic hydroxyl groups excluding tert-OH is 1.